The molecule has 0 amide bonds. The molecule has 4 aliphatic rings. The van der Waals surface area contributed by atoms with Gasteiger partial charge in [-0.05, 0) is 57.1 Å². The molecule has 2 aromatic rings. The number of hydrogen-bond acceptors (Lipinski definition) is 9. The lowest BCUT2D eigenvalue weighted by atomic mass is 9.55. The van der Waals surface area contributed by atoms with Gasteiger partial charge < -0.3 is 24.7 Å². The third kappa shape index (κ3) is 3.24. The Labute approximate surface area is 196 Å². The Bertz CT molecular complexity index is 1180. The minimum absolute atomic E-state index is 0.121. The molecular formula is C23H27N5O6. The van der Waals surface area contributed by atoms with Gasteiger partial charge in [-0.2, -0.15) is 5.10 Å². The van der Waals surface area contributed by atoms with Gasteiger partial charge >= 0.3 is 11.9 Å². The van der Waals surface area contributed by atoms with E-state index in [-0.39, 0.29) is 12.7 Å². The normalized spacial score (nSPS) is 33.1. The van der Waals surface area contributed by atoms with E-state index in [1.807, 2.05) is 0 Å². The molecule has 2 aromatic heterocycles. The van der Waals surface area contributed by atoms with Crippen LogP contribution in [0.2, 0.25) is 0 Å². The quantitative estimate of drug-likeness (QED) is 0.531. The van der Waals surface area contributed by atoms with Crippen LogP contribution in [-0.4, -0.2) is 57.2 Å². The van der Waals surface area contributed by atoms with Gasteiger partial charge in [0.05, 0.1) is 5.69 Å². The summed E-state index contributed by atoms with van der Waals surface area (Å²) in [4.78, 5) is 20.2. The zero-order valence-corrected chi connectivity index (χ0v) is 19.1. The molecule has 2 saturated carbocycles. The average Bonchev–Trinajstić information content (AvgIpc) is 3.38. The van der Waals surface area contributed by atoms with E-state index >= 15 is 0 Å². The van der Waals surface area contributed by atoms with Gasteiger partial charge in [-0.15, -0.1) is 0 Å². The second kappa shape index (κ2) is 7.28. The summed E-state index contributed by atoms with van der Waals surface area (Å²) in [5, 5.41) is 4.28. The number of nitrogens with zero attached hydrogens (tertiary/aromatic N) is 4. The molecular weight excluding hydrogens is 442 g/mol. The highest BCUT2D eigenvalue weighted by Crippen LogP contribution is 2.57. The van der Waals surface area contributed by atoms with Crippen molar-refractivity contribution < 1.29 is 28.5 Å². The lowest BCUT2D eigenvalue weighted by molar-refractivity contribution is -0.208. The number of anilines is 1. The van der Waals surface area contributed by atoms with Gasteiger partial charge in [0.2, 0.25) is 6.61 Å². The third-order valence-corrected chi connectivity index (χ3v) is 7.59. The number of hydrogen-bond donors (Lipinski definition) is 1. The summed E-state index contributed by atoms with van der Waals surface area (Å²) in [5.74, 6) is -0.625. The Morgan fingerprint density at radius 3 is 2.79 bits per heavy atom. The van der Waals surface area contributed by atoms with Crippen molar-refractivity contribution in [2.75, 3.05) is 12.3 Å². The Kier molecular flexibility index (Phi) is 4.62. The Balaban J connectivity index is 1.22. The summed E-state index contributed by atoms with van der Waals surface area (Å²) in [6.07, 6.45) is 3.76. The summed E-state index contributed by atoms with van der Waals surface area (Å²) in [7, 11) is 0. The van der Waals surface area contributed by atoms with E-state index in [4.69, 9.17) is 36.0 Å². The number of carbonyl (C=O) groups is 1. The van der Waals surface area contributed by atoms with E-state index in [9.17, 15) is 4.79 Å². The number of carbonyl (C=O) groups excluding carboxylic acids is 1. The van der Waals surface area contributed by atoms with Crippen LogP contribution in [0, 0.1) is 12.0 Å². The van der Waals surface area contributed by atoms with Crippen LogP contribution in [0.3, 0.4) is 0 Å². The topological polar surface area (TPSA) is 124 Å². The molecule has 2 aliphatic heterocycles. The molecule has 0 unspecified atom stereocenters. The maximum absolute atomic E-state index is 12.4. The van der Waals surface area contributed by atoms with Gasteiger partial charge in [-0.3, -0.25) is 9.58 Å². The highest BCUT2D eigenvalue weighted by Gasteiger charge is 2.69. The molecule has 11 nitrogen and oxygen atoms in total. The van der Waals surface area contributed by atoms with Crippen molar-refractivity contribution in [3.63, 3.8) is 0 Å². The van der Waals surface area contributed by atoms with E-state index in [2.05, 4.69) is 14.9 Å². The zero-order chi connectivity index (χ0) is 23.7. The summed E-state index contributed by atoms with van der Waals surface area (Å²) >= 11 is 0. The molecule has 180 valence electrons. The van der Waals surface area contributed by atoms with Crippen molar-refractivity contribution in [3.8, 4) is 0 Å². The molecule has 11 heteroatoms. The van der Waals surface area contributed by atoms with E-state index in [0.29, 0.717) is 22.4 Å². The van der Waals surface area contributed by atoms with Crippen LogP contribution in [0.5, 0.6) is 0 Å². The third-order valence-electron chi connectivity index (χ3n) is 7.59. The van der Waals surface area contributed by atoms with Crippen LogP contribution in [0.25, 0.3) is 10.4 Å². The highest BCUT2D eigenvalue weighted by atomic mass is 16.8. The van der Waals surface area contributed by atoms with Gasteiger partial charge in [0.1, 0.15) is 30.2 Å². The Hall–Kier alpha value is -2.94. The van der Waals surface area contributed by atoms with Crippen molar-refractivity contribution in [1.29, 1.82) is 0 Å². The number of nitrogen functional groups attached to an aromatic ring is 1. The summed E-state index contributed by atoms with van der Waals surface area (Å²) < 4.78 is 30.9. The molecule has 0 radical (unpaired) electrons. The molecule has 1 spiro atoms. The lowest BCUT2D eigenvalue weighted by Crippen LogP contribution is -2.48. The first-order chi connectivity index (χ1) is 16.2. The van der Waals surface area contributed by atoms with Gasteiger partial charge in [0.25, 0.3) is 0 Å². The van der Waals surface area contributed by atoms with E-state index in [1.165, 1.54) is 25.6 Å². The molecule has 2 aliphatic carbocycles. The second-order valence-corrected chi connectivity index (χ2v) is 10.3. The number of fused-ring (bicyclic) bond motifs is 2. The maximum atomic E-state index is 12.4. The Morgan fingerprint density at radius 1 is 1.29 bits per heavy atom. The number of rotatable bonds is 4. The van der Waals surface area contributed by atoms with Crippen molar-refractivity contribution >= 4 is 17.5 Å². The first kappa shape index (κ1) is 21.6. The molecule has 0 aromatic carbocycles. The standard InChI is InChI=1S/C23H27N5O6/c1-21(2)32-17-16(14-5-6-15-19(24)26-12-27-28(14)15)33-23(25-3,18(17)34-21)11-30-20(29)31-13-9-22(10-13)7-4-8-22/h5-6,12-13,16-18H,4,7-11H2,1-2H3,(H2,24,26,27)/t16-,17-,18-,23+/m0/s1. The minimum atomic E-state index is -1.60. The fourth-order valence-electron chi connectivity index (χ4n) is 5.78. The molecule has 4 atom stereocenters. The smallest absolute Gasteiger partial charge is 0.431 e. The molecule has 2 saturated heterocycles. The SMILES string of the molecule is [C-]#[N+][C@]1(COC(=O)OC2CC3(CCC3)C2)O[C@@H](c2ccc3c(N)ncnn23)[C@@H]2OC(C)(C)O[C@@H]21. The zero-order valence-electron chi connectivity index (χ0n) is 19.1. The van der Waals surface area contributed by atoms with Gasteiger partial charge in [-0.25, -0.2) is 20.9 Å². The largest absolute Gasteiger partial charge is 0.508 e. The van der Waals surface area contributed by atoms with Crippen LogP contribution in [0.1, 0.15) is 57.7 Å². The average molecular weight is 469 g/mol. The Morgan fingerprint density at radius 2 is 2.09 bits per heavy atom. The summed E-state index contributed by atoms with van der Waals surface area (Å²) in [6.45, 7) is 11.1. The van der Waals surface area contributed by atoms with Crippen molar-refractivity contribution in [1.82, 2.24) is 14.6 Å². The number of ether oxygens (including phenoxy) is 5. The monoisotopic (exact) mass is 469 g/mol. The predicted molar refractivity (Wildman–Crippen MR) is 116 cm³/mol. The molecule has 2 N–H and O–H groups in total. The summed E-state index contributed by atoms with van der Waals surface area (Å²) in [6, 6.07) is 3.59. The van der Waals surface area contributed by atoms with Crippen LogP contribution in [0.15, 0.2) is 18.5 Å². The highest BCUT2D eigenvalue weighted by molar-refractivity contribution is 5.65. The first-order valence-corrected chi connectivity index (χ1v) is 11.6. The minimum Gasteiger partial charge on any atom is -0.431 e. The van der Waals surface area contributed by atoms with Crippen molar-refractivity contribution in [3.05, 3.63) is 35.6 Å². The second-order valence-electron chi connectivity index (χ2n) is 10.3. The fourth-order valence-corrected chi connectivity index (χ4v) is 5.78. The van der Waals surface area contributed by atoms with Gasteiger partial charge in [0.15, 0.2) is 17.7 Å². The fraction of sp³-hybridized carbons (Fsp3) is 0.652. The molecule has 0 bridgehead atoms. The van der Waals surface area contributed by atoms with Crippen molar-refractivity contribution in [2.24, 2.45) is 5.41 Å². The first-order valence-electron chi connectivity index (χ1n) is 11.6. The van der Waals surface area contributed by atoms with Crippen LogP contribution < -0.4 is 5.73 Å². The number of aromatic nitrogens is 3. The van der Waals surface area contributed by atoms with E-state index in [1.54, 1.807) is 30.5 Å². The van der Waals surface area contributed by atoms with Gasteiger partial charge in [0, 0.05) is 0 Å². The van der Waals surface area contributed by atoms with E-state index in [0.717, 1.165) is 12.8 Å². The van der Waals surface area contributed by atoms with Crippen LogP contribution in [-0.2, 0) is 23.7 Å². The lowest BCUT2D eigenvalue weighted by Gasteiger charge is -2.53. The molecule has 34 heavy (non-hydrogen) atoms. The molecule has 6 rings (SSSR count). The summed E-state index contributed by atoms with van der Waals surface area (Å²) in [5.41, 5.74) is 6.00. The number of nitrogens with two attached hydrogens (primary N) is 1. The van der Waals surface area contributed by atoms with E-state index < -0.39 is 36.0 Å². The predicted octanol–water partition coefficient (Wildman–Crippen LogP) is 3.00. The molecule has 4 heterocycles. The molecule has 4 fully saturated rings. The van der Waals surface area contributed by atoms with Gasteiger partial charge in [-0.1, -0.05) is 6.42 Å². The van der Waals surface area contributed by atoms with Crippen LogP contribution in [0.4, 0.5) is 10.6 Å². The van der Waals surface area contributed by atoms with Crippen molar-refractivity contribution in [2.45, 2.75) is 81.9 Å². The maximum Gasteiger partial charge on any atom is 0.508 e. The van der Waals surface area contributed by atoms with Crippen LogP contribution >= 0.6 is 0 Å².